The zero-order chi connectivity index (χ0) is 18.2. The van der Waals surface area contributed by atoms with Crippen LogP contribution >= 0.6 is 30.4 Å². The average molecular weight is 488 g/mol. The van der Waals surface area contributed by atoms with E-state index in [9.17, 15) is 18.3 Å². The molecule has 1 N–H and O–H groups in total. The quantitative estimate of drug-likeness (QED) is 0.368. The molecule has 0 saturated heterocycles. The molecule has 1 fully saturated rings. The lowest BCUT2D eigenvalue weighted by Crippen LogP contribution is -2.42. The Labute approximate surface area is 158 Å². The molecule has 138 valence electrons. The first-order valence-electron chi connectivity index (χ1n) is 7.55. The fourth-order valence-corrected chi connectivity index (χ4v) is 3.77. The van der Waals surface area contributed by atoms with Gasteiger partial charge >= 0.3 is 6.18 Å². The molecule has 1 aliphatic rings. The number of aromatic nitrogens is 2. The summed E-state index contributed by atoms with van der Waals surface area (Å²) in [7, 11) is 1.14. The maximum Gasteiger partial charge on any atom is 0.418 e. The van der Waals surface area contributed by atoms with E-state index in [2.05, 4.69) is 5.10 Å². The SMILES string of the molecule is CC1(O)CC(n2ncc3cc(OCCOSI)cc(C(F)(F)F)c32)C1. The fraction of sp³-hybridized carbons (Fsp3) is 0.533. The first-order chi connectivity index (χ1) is 11.7. The molecule has 1 aromatic carbocycles. The highest BCUT2D eigenvalue weighted by atomic mass is 127. The van der Waals surface area contributed by atoms with Gasteiger partial charge < -0.3 is 14.0 Å². The number of aliphatic hydroxyl groups is 1. The standard InChI is InChI=1S/C15H16F3IN2O3S/c1-14(22)6-10(7-14)21-13-9(8-20-21)4-11(23-2-3-24-25-19)5-12(13)15(16,17)18/h4-5,8,10,22H,2-3,6-7H2,1H3. The topological polar surface area (TPSA) is 56.5 Å². The van der Waals surface area contributed by atoms with Crippen LogP contribution in [0.3, 0.4) is 0 Å². The molecule has 10 heteroatoms. The second-order valence-corrected chi connectivity index (χ2v) is 7.73. The van der Waals surface area contributed by atoms with Gasteiger partial charge in [0.25, 0.3) is 0 Å². The first kappa shape index (κ1) is 19.1. The van der Waals surface area contributed by atoms with Gasteiger partial charge in [0, 0.05) is 26.6 Å². The molecule has 0 spiro atoms. The van der Waals surface area contributed by atoms with Gasteiger partial charge in [0.15, 0.2) is 0 Å². The lowest BCUT2D eigenvalue weighted by atomic mass is 9.77. The molecule has 0 radical (unpaired) electrons. The van der Waals surface area contributed by atoms with Crippen molar-refractivity contribution in [1.82, 2.24) is 9.78 Å². The van der Waals surface area contributed by atoms with E-state index in [1.165, 1.54) is 10.9 Å². The van der Waals surface area contributed by atoms with Crippen molar-refractivity contribution in [3.8, 4) is 5.75 Å². The number of ether oxygens (including phenoxy) is 1. The van der Waals surface area contributed by atoms with Crippen LogP contribution in [-0.2, 0) is 10.4 Å². The third-order valence-corrected chi connectivity index (χ3v) is 5.16. The maximum atomic E-state index is 13.6. The lowest BCUT2D eigenvalue weighted by molar-refractivity contribution is -0.136. The average Bonchev–Trinajstić information content (AvgIpc) is 2.90. The number of hydrogen-bond acceptors (Lipinski definition) is 5. The van der Waals surface area contributed by atoms with Gasteiger partial charge in [-0.25, -0.2) is 0 Å². The number of alkyl halides is 3. The third kappa shape index (κ3) is 4.17. The van der Waals surface area contributed by atoms with Gasteiger partial charge in [-0.05, 0) is 31.9 Å². The molecule has 5 nitrogen and oxygen atoms in total. The van der Waals surface area contributed by atoms with E-state index >= 15 is 0 Å². The summed E-state index contributed by atoms with van der Waals surface area (Å²) in [5.41, 5.74) is -1.60. The van der Waals surface area contributed by atoms with E-state index in [-0.39, 0.29) is 30.5 Å². The van der Waals surface area contributed by atoms with Crippen LogP contribution in [0.25, 0.3) is 10.9 Å². The molecule has 1 heterocycles. The van der Waals surface area contributed by atoms with E-state index in [1.807, 2.05) is 21.2 Å². The molecule has 0 bridgehead atoms. The van der Waals surface area contributed by atoms with Crippen molar-refractivity contribution >= 4 is 41.3 Å². The number of nitrogens with zero attached hydrogens (tertiary/aromatic N) is 2. The monoisotopic (exact) mass is 488 g/mol. The van der Waals surface area contributed by atoms with Gasteiger partial charge in [-0.15, -0.1) is 0 Å². The number of fused-ring (bicyclic) bond motifs is 1. The van der Waals surface area contributed by atoms with Gasteiger partial charge in [0.1, 0.15) is 12.4 Å². The number of halogens is 4. The van der Waals surface area contributed by atoms with Crippen molar-refractivity contribution in [2.24, 2.45) is 0 Å². The van der Waals surface area contributed by atoms with E-state index in [0.29, 0.717) is 18.2 Å². The van der Waals surface area contributed by atoms with Crippen molar-refractivity contribution in [3.63, 3.8) is 0 Å². The molecular formula is C15H16F3IN2O3S. The van der Waals surface area contributed by atoms with Crippen LogP contribution < -0.4 is 4.74 Å². The molecule has 0 unspecified atom stereocenters. The molecule has 1 aromatic heterocycles. The molecule has 2 aromatic rings. The lowest BCUT2D eigenvalue weighted by Gasteiger charge is -2.41. The maximum absolute atomic E-state index is 13.6. The van der Waals surface area contributed by atoms with Crippen molar-refractivity contribution < 1.29 is 27.2 Å². The Bertz CT molecular complexity index is 758. The molecular weight excluding hydrogens is 472 g/mol. The Balaban J connectivity index is 1.94. The number of rotatable bonds is 6. The second-order valence-electron chi connectivity index (χ2n) is 6.29. The molecule has 25 heavy (non-hydrogen) atoms. The summed E-state index contributed by atoms with van der Waals surface area (Å²) in [4.78, 5) is 0. The fourth-order valence-electron chi connectivity index (χ4n) is 3.10. The minimum Gasteiger partial charge on any atom is -0.491 e. The second kappa shape index (κ2) is 7.12. The van der Waals surface area contributed by atoms with Crippen LogP contribution in [0.5, 0.6) is 5.75 Å². The van der Waals surface area contributed by atoms with Crippen molar-refractivity contribution in [3.05, 3.63) is 23.9 Å². The normalized spacial score (nSPS) is 23.7. The van der Waals surface area contributed by atoms with E-state index in [1.54, 1.807) is 13.0 Å². The summed E-state index contributed by atoms with van der Waals surface area (Å²) >= 11 is 1.95. The first-order valence-corrected chi connectivity index (χ1v) is 10.8. The Morgan fingerprint density at radius 2 is 2.12 bits per heavy atom. The molecule has 1 aliphatic carbocycles. The largest absolute Gasteiger partial charge is 0.491 e. The van der Waals surface area contributed by atoms with Crippen LogP contribution in [0, 0.1) is 0 Å². The Kier molecular flexibility index (Phi) is 5.43. The van der Waals surface area contributed by atoms with E-state index < -0.39 is 17.3 Å². The Hall–Kier alpha value is -0.720. The minimum absolute atomic E-state index is 0.0272. The highest BCUT2D eigenvalue weighted by Crippen LogP contribution is 2.44. The highest BCUT2D eigenvalue weighted by molar-refractivity contribution is 14.2. The Morgan fingerprint density at radius 1 is 1.40 bits per heavy atom. The Morgan fingerprint density at radius 3 is 2.72 bits per heavy atom. The van der Waals surface area contributed by atoms with Crippen molar-refractivity contribution in [2.75, 3.05) is 13.2 Å². The predicted octanol–water partition coefficient (Wildman–Crippen LogP) is 4.53. The van der Waals surface area contributed by atoms with Gasteiger partial charge in [0.05, 0.1) is 44.7 Å². The van der Waals surface area contributed by atoms with E-state index in [0.717, 1.165) is 15.3 Å². The van der Waals surface area contributed by atoms with Crippen molar-refractivity contribution in [1.29, 1.82) is 0 Å². The molecule has 0 atom stereocenters. The molecule has 0 aliphatic heterocycles. The van der Waals surface area contributed by atoms with E-state index in [4.69, 9.17) is 8.92 Å². The molecule has 0 amide bonds. The summed E-state index contributed by atoms with van der Waals surface area (Å²) in [5.74, 6) is 0.127. The minimum atomic E-state index is -4.53. The number of benzene rings is 1. The van der Waals surface area contributed by atoms with Gasteiger partial charge in [0.2, 0.25) is 0 Å². The van der Waals surface area contributed by atoms with Gasteiger partial charge in [-0.1, -0.05) is 0 Å². The molecule has 3 rings (SSSR count). The highest BCUT2D eigenvalue weighted by Gasteiger charge is 2.42. The summed E-state index contributed by atoms with van der Waals surface area (Å²) in [6.07, 6.45) is -2.37. The number of hydrogen-bond donors (Lipinski definition) is 1. The molecule has 1 saturated carbocycles. The predicted molar refractivity (Wildman–Crippen MR) is 96.7 cm³/mol. The van der Waals surface area contributed by atoms with Crippen LogP contribution in [0.15, 0.2) is 18.3 Å². The van der Waals surface area contributed by atoms with Crippen LogP contribution in [-0.4, -0.2) is 33.7 Å². The smallest absolute Gasteiger partial charge is 0.418 e. The van der Waals surface area contributed by atoms with Gasteiger partial charge in [-0.3, -0.25) is 4.68 Å². The van der Waals surface area contributed by atoms with Gasteiger partial charge in [-0.2, -0.15) is 18.3 Å². The summed E-state index contributed by atoms with van der Waals surface area (Å²) < 4.78 is 52.5. The van der Waals surface area contributed by atoms with Crippen LogP contribution in [0.4, 0.5) is 13.2 Å². The van der Waals surface area contributed by atoms with Crippen molar-refractivity contribution in [2.45, 2.75) is 37.6 Å². The van der Waals surface area contributed by atoms with Crippen LogP contribution in [0.2, 0.25) is 0 Å². The third-order valence-electron chi connectivity index (χ3n) is 4.15. The summed E-state index contributed by atoms with van der Waals surface area (Å²) in [6, 6.07) is 2.30. The summed E-state index contributed by atoms with van der Waals surface area (Å²) in [6.45, 7) is 2.09. The van der Waals surface area contributed by atoms with Crippen LogP contribution in [0.1, 0.15) is 31.4 Å². The zero-order valence-corrected chi connectivity index (χ0v) is 16.2. The summed E-state index contributed by atoms with van der Waals surface area (Å²) in [5, 5.41) is 14.4. The zero-order valence-electron chi connectivity index (χ0n) is 13.2.